The smallest absolute Gasteiger partial charge is 0.268 e. The highest BCUT2D eigenvalue weighted by atomic mass is 32.2. The van der Waals surface area contributed by atoms with Crippen LogP contribution in [0, 0.1) is 11.3 Å². The number of hydrogen-bond acceptors (Lipinski definition) is 5. The number of thioether (sulfide) groups is 1. The van der Waals surface area contributed by atoms with Gasteiger partial charge in [0.05, 0.1) is 31.0 Å². The normalized spacial score (nSPS) is 20.4. The maximum absolute atomic E-state index is 13.7. The summed E-state index contributed by atoms with van der Waals surface area (Å²) in [7, 11) is 1.58. The van der Waals surface area contributed by atoms with Gasteiger partial charge in [-0.2, -0.15) is 5.26 Å². The molecule has 0 radical (unpaired) electrons. The van der Waals surface area contributed by atoms with E-state index < -0.39 is 4.87 Å². The number of anilines is 1. The van der Waals surface area contributed by atoms with Crippen LogP contribution in [-0.4, -0.2) is 36.1 Å². The summed E-state index contributed by atoms with van der Waals surface area (Å²) < 4.78 is 5.38. The van der Waals surface area contributed by atoms with E-state index >= 15 is 0 Å². The highest BCUT2D eigenvalue weighted by molar-refractivity contribution is 8.01. The van der Waals surface area contributed by atoms with Crippen LogP contribution in [0.5, 0.6) is 5.75 Å². The summed E-state index contributed by atoms with van der Waals surface area (Å²) in [5.74, 6) is 1.09. The van der Waals surface area contributed by atoms with Crippen molar-refractivity contribution in [3.8, 4) is 11.8 Å². The summed E-state index contributed by atoms with van der Waals surface area (Å²) in [6.45, 7) is 2.36. The van der Waals surface area contributed by atoms with Crippen molar-refractivity contribution in [2.45, 2.75) is 18.3 Å². The molecule has 6 nitrogen and oxygen atoms in total. The number of rotatable bonds is 3. The van der Waals surface area contributed by atoms with Crippen LogP contribution in [-0.2, 0) is 21.0 Å². The molecule has 2 aliphatic heterocycles. The van der Waals surface area contributed by atoms with Crippen molar-refractivity contribution in [2.24, 2.45) is 0 Å². The second-order valence-corrected chi connectivity index (χ2v) is 8.04. The second kappa shape index (κ2) is 6.88. The van der Waals surface area contributed by atoms with Crippen molar-refractivity contribution in [2.75, 3.05) is 24.3 Å². The summed E-state index contributed by atoms with van der Waals surface area (Å²) >= 11 is 1.49. The third kappa shape index (κ3) is 2.64. The molecule has 0 unspecified atom stereocenters. The highest BCUT2D eigenvalue weighted by Crippen LogP contribution is 2.55. The number of fused-ring (bicyclic) bond motifs is 2. The molecule has 142 valence electrons. The van der Waals surface area contributed by atoms with Gasteiger partial charge in [-0.3, -0.25) is 9.59 Å². The summed E-state index contributed by atoms with van der Waals surface area (Å²) in [5.41, 5.74) is 2.97. The molecular formula is C21H19N3O3S. The number of carbonyl (C=O) groups is 2. The molecule has 2 aromatic carbocycles. The van der Waals surface area contributed by atoms with Gasteiger partial charge in [0.15, 0.2) is 4.87 Å². The van der Waals surface area contributed by atoms with Crippen LogP contribution in [0.3, 0.4) is 0 Å². The quantitative estimate of drug-likeness (QED) is 0.802. The van der Waals surface area contributed by atoms with Crippen LogP contribution in [0.2, 0.25) is 0 Å². The molecule has 1 atom stereocenters. The fourth-order valence-electron chi connectivity index (χ4n) is 3.93. The van der Waals surface area contributed by atoms with Crippen molar-refractivity contribution in [3.05, 3.63) is 59.2 Å². The summed E-state index contributed by atoms with van der Waals surface area (Å²) in [6, 6.07) is 14.9. The van der Waals surface area contributed by atoms with Gasteiger partial charge in [0.2, 0.25) is 5.91 Å². The number of hydrogen-bond donors (Lipinski definition) is 0. The Morgan fingerprint density at radius 1 is 1.32 bits per heavy atom. The van der Waals surface area contributed by atoms with Crippen molar-refractivity contribution in [3.63, 3.8) is 0 Å². The number of nitriles is 1. The molecule has 4 rings (SSSR count). The van der Waals surface area contributed by atoms with Gasteiger partial charge in [-0.25, -0.2) is 0 Å². The fourth-order valence-corrected chi connectivity index (χ4v) is 5.43. The lowest BCUT2D eigenvalue weighted by Gasteiger charge is -2.32. The predicted octanol–water partition coefficient (Wildman–Crippen LogP) is 2.86. The number of carbonyl (C=O) groups excluding carboxylic acids is 2. The van der Waals surface area contributed by atoms with Crippen LogP contribution in [0.4, 0.5) is 5.69 Å². The Balaban J connectivity index is 1.83. The van der Waals surface area contributed by atoms with Crippen LogP contribution in [0.15, 0.2) is 42.5 Å². The van der Waals surface area contributed by atoms with Gasteiger partial charge in [0.25, 0.3) is 5.91 Å². The molecule has 2 amide bonds. The molecule has 0 bridgehead atoms. The van der Waals surface area contributed by atoms with E-state index in [1.807, 2.05) is 30.3 Å². The molecule has 2 heterocycles. The van der Waals surface area contributed by atoms with Crippen LogP contribution >= 0.6 is 11.8 Å². The van der Waals surface area contributed by atoms with Gasteiger partial charge in [0, 0.05) is 24.8 Å². The first-order chi connectivity index (χ1) is 13.5. The highest BCUT2D eigenvalue weighted by Gasteiger charge is 2.58. The molecular weight excluding hydrogens is 374 g/mol. The fraction of sp³-hybridized carbons (Fsp3) is 0.286. The third-order valence-corrected chi connectivity index (χ3v) is 6.60. The van der Waals surface area contributed by atoms with Crippen LogP contribution in [0.1, 0.15) is 23.6 Å². The van der Waals surface area contributed by atoms with Crippen LogP contribution in [0.25, 0.3) is 0 Å². The number of amides is 2. The summed E-state index contributed by atoms with van der Waals surface area (Å²) in [5, 5.41) is 9.16. The lowest BCUT2D eigenvalue weighted by atomic mass is 10.1. The van der Waals surface area contributed by atoms with Crippen molar-refractivity contribution >= 4 is 29.3 Å². The molecule has 7 heteroatoms. The Morgan fingerprint density at radius 3 is 2.86 bits per heavy atom. The minimum Gasteiger partial charge on any atom is -0.497 e. The first-order valence-electron chi connectivity index (χ1n) is 8.93. The zero-order chi connectivity index (χ0) is 19.9. The van der Waals surface area contributed by atoms with Gasteiger partial charge >= 0.3 is 0 Å². The monoisotopic (exact) mass is 393 g/mol. The van der Waals surface area contributed by atoms with E-state index in [4.69, 9.17) is 10.00 Å². The number of nitrogens with zero attached hydrogens (tertiary/aromatic N) is 3. The lowest BCUT2D eigenvalue weighted by Crippen LogP contribution is -2.49. The van der Waals surface area contributed by atoms with Gasteiger partial charge < -0.3 is 14.5 Å². The molecule has 0 aromatic heterocycles. The largest absolute Gasteiger partial charge is 0.497 e. The molecule has 0 aliphatic carbocycles. The van der Waals surface area contributed by atoms with Gasteiger partial charge in [-0.05, 0) is 35.9 Å². The Hall–Kier alpha value is -2.98. The van der Waals surface area contributed by atoms with E-state index in [0.29, 0.717) is 30.2 Å². The summed E-state index contributed by atoms with van der Waals surface area (Å²) in [6.07, 6.45) is 0. The Labute approximate surface area is 167 Å². The lowest BCUT2D eigenvalue weighted by molar-refractivity contribution is -0.138. The zero-order valence-electron chi connectivity index (χ0n) is 15.6. The molecule has 2 aliphatic rings. The van der Waals surface area contributed by atoms with E-state index in [2.05, 4.69) is 6.07 Å². The van der Waals surface area contributed by atoms with E-state index in [0.717, 1.165) is 16.8 Å². The standard InChI is InChI=1S/C21H19N3O3S/c1-14(25)24-8-9-28-21(24)18-11-17(27-2)6-7-19(18)23(20(21)26)13-16-5-3-4-15(10-16)12-22/h3-7,10-11H,8-9,13H2,1-2H3/t21-/m1/s1. The Morgan fingerprint density at radius 2 is 2.14 bits per heavy atom. The van der Waals surface area contributed by atoms with E-state index in [1.165, 1.54) is 18.7 Å². The van der Waals surface area contributed by atoms with Crippen molar-refractivity contribution < 1.29 is 14.3 Å². The number of ether oxygens (including phenoxy) is 1. The minimum atomic E-state index is -1.05. The first-order valence-corrected chi connectivity index (χ1v) is 9.91. The van der Waals surface area contributed by atoms with E-state index in [1.54, 1.807) is 29.0 Å². The molecule has 1 fully saturated rings. The average molecular weight is 393 g/mol. The molecule has 28 heavy (non-hydrogen) atoms. The SMILES string of the molecule is COc1ccc2c(c1)[C@@]1(SCCN1C(C)=O)C(=O)N2Cc1cccc(C#N)c1. The number of benzene rings is 2. The molecule has 0 saturated carbocycles. The second-order valence-electron chi connectivity index (χ2n) is 6.75. The minimum absolute atomic E-state index is 0.125. The maximum atomic E-state index is 13.7. The number of methoxy groups -OCH3 is 1. The van der Waals surface area contributed by atoms with Gasteiger partial charge in [-0.15, -0.1) is 11.8 Å². The van der Waals surface area contributed by atoms with E-state index in [9.17, 15) is 9.59 Å². The molecule has 2 aromatic rings. The predicted molar refractivity (Wildman–Crippen MR) is 107 cm³/mol. The van der Waals surface area contributed by atoms with E-state index in [-0.39, 0.29) is 11.8 Å². The molecule has 1 saturated heterocycles. The van der Waals surface area contributed by atoms with Gasteiger partial charge in [-0.1, -0.05) is 12.1 Å². The zero-order valence-corrected chi connectivity index (χ0v) is 16.5. The Bertz CT molecular complexity index is 1020. The summed E-state index contributed by atoms with van der Waals surface area (Å²) in [4.78, 5) is 28.3. The Kier molecular flexibility index (Phi) is 4.52. The topological polar surface area (TPSA) is 73.6 Å². The molecule has 1 spiro atoms. The maximum Gasteiger partial charge on any atom is 0.268 e. The van der Waals surface area contributed by atoms with Crippen LogP contribution < -0.4 is 9.64 Å². The average Bonchev–Trinajstić information content (AvgIpc) is 3.25. The molecule has 0 N–H and O–H groups in total. The van der Waals surface area contributed by atoms with Crippen molar-refractivity contribution in [1.29, 1.82) is 5.26 Å². The van der Waals surface area contributed by atoms with Crippen molar-refractivity contribution in [1.82, 2.24) is 4.90 Å². The van der Waals surface area contributed by atoms with Gasteiger partial charge in [0.1, 0.15) is 5.75 Å². The third-order valence-electron chi connectivity index (χ3n) is 5.18. The first kappa shape index (κ1) is 18.4.